The summed E-state index contributed by atoms with van der Waals surface area (Å²) < 4.78 is 12.7. The number of nitrogens with zero attached hydrogens (tertiary/aromatic N) is 1. The van der Waals surface area contributed by atoms with Crippen molar-refractivity contribution in [3.8, 4) is 0 Å². The van der Waals surface area contributed by atoms with Gasteiger partial charge in [0.25, 0.3) is 0 Å². The molecule has 1 heterocycles. The molecule has 0 saturated heterocycles. The number of aryl methyl sites for hydroxylation is 1. The van der Waals surface area contributed by atoms with Gasteiger partial charge in [0.05, 0.1) is 11.4 Å². The summed E-state index contributed by atoms with van der Waals surface area (Å²) in [6.07, 6.45) is 2.27. The van der Waals surface area contributed by atoms with E-state index in [0.717, 1.165) is 6.08 Å². The van der Waals surface area contributed by atoms with Crippen molar-refractivity contribution in [1.29, 1.82) is 0 Å². The fraction of sp³-hybridized carbons (Fsp3) is 0.111. The first-order valence-corrected chi connectivity index (χ1v) is 3.64. The van der Waals surface area contributed by atoms with E-state index in [2.05, 4.69) is 4.98 Å². The number of halogens is 1. The van der Waals surface area contributed by atoms with Gasteiger partial charge in [-0.1, -0.05) is 0 Å². The van der Waals surface area contributed by atoms with Gasteiger partial charge >= 0.3 is 5.97 Å². The molecule has 1 aromatic heterocycles. The molecular weight excluding hydrogens is 173 g/mol. The summed E-state index contributed by atoms with van der Waals surface area (Å²) in [4.78, 5) is 14.0. The number of pyridine rings is 1. The number of hydrogen-bond donors (Lipinski definition) is 1. The summed E-state index contributed by atoms with van der Waals surface area (Å²) in [7, 11) is 0. The lowest BCUT2D eigenvalue weighted by atomic mass is 10.3. The number of carbonyl (C=O) groups is 1. The Morgan fingerprint density at radius 2 is 2.31 bits per heavy atom. The Morgan fingerprint density at radius 3 is 2.85 bits per heavy atom. The molecular formula is C9H8FNO2. The number of rotatable bonds is 2. The van der Waals surface area contributed by atoms with Crippen molar-refractivity contribution in [2.24, 2.45) is 0 Å². The summed E-state index contributed by atoms with van der Waals surface area (Å²) in [6.45, 7) is 1.52. The molecule has 0 amide bonds. The molecule has 0 unspecified atom stereocenters. The Morgan fingerprint density at radius 1 is 1.62 bits per heavy atom. The van der Waals surface area contributed by atoms with Crippen molar-refractivity contribution in [3.63, 3.8) is 0 Å². The van der Waals surface area contributed by atoms with E-state index in [1.54, 1.807) is 0 Å². The smallest absolute Gasteiger partial charge is 0.328 e. The van der Waals surface area contributed by atoms with Crippen LogP contribution in [-0.2, 0) is 4.79 Å². The van der Waals surface area contributed by atoms with Crippen molar-refractivity contribution in [3.05, 3.63) is 35.4 Å². The molecule has 4 heteroatoms. The zero-order chi connectivity index (χ0) is 9.84. The normalized spacial score (nSPS) is 10.6. The molecule has 1 N–H and O–H groups in total. The third-order valence-corrected chi connectivity index (χ3v) is 1.44. The monoisotopic (exact) mass is 181 g/mol. The fourth-order valence-electron chi connectivity index (χ4n) is 0.813. The highest BCUT2D eigenvalue weighted by Gasteiger charge is 1.97. The van der Waals surface area contributed by atoms with Crippen molar-refractivity contribution < 1.29 is 14.3 Å². The molecule has 1 aromatic rings. The van der Waals surface area contributed by atoms with Crippen LogP contribution in [-0.4, -0.2) is 16.1 Å². The lowest BCUT2D eigenvalue weighted by Crippen LogP contribution is -1.91. The predicted molar refractivity (Wildman–Crippen MR) is 45.6 cm³/mol. The van der Waals surface area contributed by atoms with Crippen LogP contribution < -0.4 is 0 Å². The van der Waals surface area contributed by atoms with Crippen LogP contribution in [0.5, 0.6) is 0 Å². The number of aromatic nitrogens is 1. The Hall–Kier alpha value is -1.71. The fourth-order valence-corrected chi connectivity index (χ4v) is 0.813. The van der Waals surface area contributed by atoms with Crippen LogP contribution in [0.2, 0.25) is 0 Å². The van der Waals surface area contributed by atoms with Crippen LogP contribution in [0.3, 0.4) is 0 Å². The highest BCUT2D eigenvalue weighted by Crippen LogP contribution is 2.05. The van der Waals surface area contributed by atoms with Crippen molar-refractivity contribution in [2.75, 3.05) is 0 Å². The molecule has 0 spiro atoms. The topological polar surface area (TPSA) is 50.2 Å². The van der Waals surface area contributed by atoms with Crippen LogP contribution in [0.15, 0.2) is 18.2 Å². The van der Waals surface area contributed by atoms with Crippen LogP contribution >= 0.6 is 0 Å². The van der Waals surface area contributed by atoms with Gasteiger partial charge in [0.1, 0.15) is 5.82 Å². The van der Waals surface area contributed by atoms with E-state index in [1.807, 2.05) is 0 Å². The maximum atomic E-state index is 12.7. The Kier molecular flexibility index (Phi) is 2.74. The molecule has 68 valence electrons. The third-order valence-electron chi connectivity index (χ3n) is 1.44. The summed E-state index contributed by atoms with van der Waals surface area (Å²) in [6, 6.07) is 2.67. The maximum Gasteiger partial charge on any atom is 0.328 e. The SMILES string of the molecule is Cc1nc(C=CC(=O)O)ccc1F. The van der Waals surface area contributed by atoms with Gasteiger partial charge in [-0.05, 0) is 25.1 Å². The van der Waals surface area contributed by atoms with E-state index in [9.17, 15) is 9.18 Å². The lowest BCUT2D eigenvalue weighted by molar-refractivity contribution is -0.131. The Labute approximate surface area is 74.5 Å². The Balaban J connectivity index is 2.92. The summed E-state index contributed by atoms with van der Waals surface area (Å²) >= 11 is 0. The van der Waals surface area contributed by atoms with Gasteiger partial charge in [0.15, 0.2) is 0 Å². The lowest BCUT2D eigenvalue weighted by Gasteiger charge is -1.96. The molecule has 0 bridgehead atoms. The minimum Gasteiger partial charge on any atom is -0.478 e. The van der Waals surface area contributed by atoms with Crippen LogP contribution in [0, 0.1) is 12.7 Å². The van der Waals surface area contributed by atoms with Gasteiger partial charge in [-0.3, -0.25) is 4.98 Å². The van der Waals surface area contributed by atoms with Gasteiger partial charge in [0.2, 0.25) is 0 Å². The highest BCUT2D eigenvalue weighted by atomic mass is 19.1. The average Bonchev–Trinajstić information content (AvgIpc) is 2.07. The minimum atomic E-state index is -1.05. The standard InChI is InChI=1S/C9H8FNO2/c1-6-8(10)4-2-7(11-6)3-5-9(12)13/h2-5H,1H3,(H,12,13). The highest BCUT2D eigenvalue weighted by molar-refractivity contribution is 5.84. The molecule has 13 heavy (non-hydrogen) atoms. The van der Waals surface area contributed by atoms with Gasteiger partial charge in [-0.25, -0.2) is 9.18 Å². The van der Waals surface area contributed by atoms with Gasteiger partial charge in [0, 0.05) is 6.08 Å². The number of aliphatic carboxylic acids is 1. The number of hydrogen-bond acceptors (Lipinski definition) is 2. The zero-order valence-corrected chi connectivity index (χ0v) is 6.99. The molecule has 0 saturated carbocycles. The molecule has 0 radical (unpaired) electrons. The Bertz CT molecular complexity index is 361. The van der Waals surface area contributed by atoms with E-state index in [1.165, 1.54) is 25.1 Å². The molecule has 3 nitrogen and oxygen atoms in total. The van der Waals surface area contributed by atoms with E-state index in [-0.39, 0.29) is 5.69 Å². The first-order valence-electron chi connectivity index (χ1n) is 3.64. The van der Waals surface area contributed by atoms with Crippen LogP contribution in [0.4, 0.5) is 4.39 Å². The number of carboxylic acids is 1. The van der Waals surface area contributed by atoms with Crippen molar-refractivity contribution >= 4 is 12.0 Å². The zero-order valence-electron chi connectivity index (χ0n) is 6.99. The summed E-state index contributed by atoms with van der Waals surface area (Å²) in [5, 5.41) is 8.31. The third kappa shape index (κ3) is 2.66. The van der Waals surface area contributed by atoms with E-state index in [0.29, 0.717) is 5.69 Å². The number of carboxylic acid groups (broad SMARTS) is 1. The van der Waals surface area contributed by atoms with Crippen LogP contribution in [0.25, 0.3) is 6.08 Å². The second-order valence-electron chi connectivity index (χ2n) is 2.47. The summed E-state index contributed by atoms with van der Waals surface area (Å²) in [5.41, 5.74) is 0.689. The molecule has 0 fully saturated rings. The van der Waals surface area contributed by atoms with Gasteiger partial charge in [-0.2, -0.15) is 0 Å². The first-order chi connectivity index (χ1) is 6.09. The second kappa shape index (κ2) is 3.80. The molecule has 0 aliphatic rings. The maximum absolute atomic E-state index is 12.7. The second-order valence-corrected chi connectivity index (χ2v) is 2.47. The average molecular weight is 181 g/mol. The van der Waals surface area contributed by atoms with Gasteiger partial charge in [-0.15, -0.1) is 0 Å². The summed E-state index contributed by atoms with van der Waals surface area (Å²) in [5.74, 6) is -1.45. The van der Waals surface area contributed by atoms with E-state index < -0.39 is 11.8 Å². The quantitative estimate of drug-likeness (QED) is 0.705. The molecule has 0 aliphatic heterocycles. The van der Waals surface area contributed by atoms with Crippen LogP contribution in [0.1, 0.15) is 11.4 Å². The van der Waals surface area contributed by atoms with Gasteiger partial charge < -0.3 is 5.11 Å². The molecule has 0 aliphatic carbocycles. The predicted octanol–water partition coefficient (Wildman–Crippen LogP) is 1.63. The van der Waals surface area contributed by atoms with Crippen molar-refractivity contribution in [1.82, 2.24) is 4.98 Å². The largest absolute Gasteiger partial charge is 0.478 e. The van der Waals surface area contributed by atoms with E-state index >= 15 is 0 Å². The molecule has 0 atom stereocenters. The minimum absolute atomic E-state index is 0.257. The molecule has 1 rings (SSSR count). The van der Waals surface area contributed by atoms with Crippen molar-refractivity contribution in [2.45, 2.75) is 6.92 Å². The van der Waals surface area contributed by atoms with E-state index in [4.69, 9.17) is 5.11 Å². The molecule has 0 aromatic carbocycles. The first kappa shape index (κ1) is 9.38.